The number of amides is 1. The van der Waals surface area contributed by atoms with Gasteiger partial charge >= 0.3 is 0 Å². The third-order valence-corrected chi connectivity index (χ3v) is 2.59. The van der Waals surface area contributed by atoms with E-state index < -0.39 is 0 Å². The van der Waals surface area contributed by atoms with E-state index >= 15 is 0 Å². The molecule has 0 aliphatic carbocycles. The number of para-hydroxylation sites is 1. The molecule has 1 amide bonds. The van der Waals surface area contributed by atoms with E-state index in [1.54, 1.807) is 18.2 Å². The van der Waals surface area contributed by atoms with Gasteiger partial charge in [0.25, 0.3) is 5.91 Å². The Morgan fingerprint density at radius 1 is 1.11 bits per heavy atom. The maximum Gasteiger partial charge on any atom is 0.271 e. The van der Waals surface area contributed by atoms with Gasteiger partial charge in [0.15, 0.2) is 0 Å². The van der Waals surface area contributed by atoms with Crippen LogP contribution < -0.4 is 16.6 Å². The number of hydrogen-bond acceptors (Lipinski definition) is 3. The van der Waals surface area contributed by atoms with Crippen molar-refractivity contribution in [2.45, 2.75) is 0 Å². The number of carbonyl (C=O) groups excluding carboxylic acids is 1. The molecule has 5 heteroatoms. The molecule has 2 aromatic carbocycles. The second kappa shape index (κ2) is 5.42. The van der Waals surface area contributed by atoms with Gasteiger partial charge in [0, 0.05) is 10.7 Å². The number of benzene rings is 2. The highest BCUT2D eigenvalue weighted by molar-refractivity contribution is 6.31. The Morgan fingerprint density at radius 2 is 1.83 bits per heavy atom. The molecule has 0 saturated heterocycles. The molecule has 0 atom stereocenters. The molecule has 0 saturated carbocycles. The van der Waals surface area contributed by atoms with Crippen molar-refractivity contribution in [3.05, 3.63) is 59.1 Å². The van der Waals surface area contributed by atoms with Crippen molar-refractivity contribution in [2.75, 3.05) is 11.2 Å². The van der Waals surface area contributed by atoms with Gasteiger partial charge in [-0.05, 0) is 30.3 Å². The summed E-state index contributed by atoms with van der Waals surface area (Å²) in [5.41, 5.74) is 12.6. The molecule has 0 bridgehead atoms. The van der Waals surface area contributed by atoms with Crippen LogP contribution in [0.2, 0.25) is 5.02 Å². The van der Waals surface area contributed by atoms with Gasteiger partial charge in [-0.25, -0.2) is 0 Å². The maximum atomic E-state index is 11.9. The number of nitrogen functional groups attached to an aromatic ring is 1. The minimum Gasteiger partial charge on any atom is -0.398 e. The molecule has 18 heavy (non-hydrogen) atoms. The SMILES string of the molecule is Nc1cc(Cl)ccc1C(=O)NNc1ccccc1. The van der Waals surface area contributed by atoms with E-state index in [4.69, 9.17) is 17.3 Å². The summed E-state index contributed by atoms with van der Waals surface area (Å²) in [6, 6.07) is 14.0. The van der Waals surface area contributed by atoms with Gasteiger partial charge in [-0.2, -0.15) is 0 Å². The Labute approximate surface area is 110 Å². The molecule has 0 aromatic heterocycles. The van der Waals surface area contributed by atoms with Crippen LogP contribution >= 0.6 is 11.6 Å². The zero-order valence-electron chi connectivity index (χ0n) is 9.48. The molecular formula is C13H12ClN3O. The van der Waals surface area contributed by atoms with Gasteiger partial charge in [0.1, 0.15) is 0 Å². The lowest BCUT2D eigenvalue weighted by Crippen LogP contribution is -2.29. The fourth-order valence-corrected chi connectivity index (χ4v) is 1.64. The summed E-state index contributed by atoms with van der Waals surface area (Å²) in [5, 5.41) is 0.500. The van der Waals surface area contributed by atoms with E-state index in [0.717, 1.165) is 5.69 Å². The molecule has 0 unspecified atom stereocenters. The van der Waals surface area contributed by atoms with Crippen LogP contribution in [-0.4, -0.2) is 5.91 Å². The van der Waals surface area contributed by atoms with Crippen molar-refractivity contribution in [1.29, 1.82) is 0 Å². The monoisotopic (exact) mass is 261 g/mol. The minimum absolute atomic E-state index is 0.312. The van der Waals surface area contributed by atoms with E-state index in [9.17, 15) is 4.79 Å². The Morgan fingerprint density at radius 3 is 2.50 bits per heavy atom. The molecule has 2 rings (SSSR count). The molecule has 0 radical (unpaired) electrons. The Kier molecular flexibility index (Phi) is 3.69. The summed E-state index contributed by atoms with van der Waals surface area (Å²) in [4.78, 5) is 11.9. The maximum absolute atomic E-state index is 11.9. The Bertz CT molecular complexity index is 557. The zero-order chi connectivity index (χ0) is 13.0. The number of rotatable bonds is 3. The average molecular weight is 262 g/mol. The van der Waals surface area contributed by atoms with Gasteiger partial charge in [0.05, 0.1) is 11.3 Å². The van der Waals surface area contributed by atoms with E-state index in [-0.39, 0.29) is 5.91 Å². The lowest BCUT2D eigenvalue weighted by atomic mass is 10.2. The number of halogens is 1. The van der Waals surface area contributed by atoms with Gasteiger partial charge < -0.3 is 5.73 Å². The van der Waals surface area contributed by atoms with Crippen molar-refractivity contribution in [3.8, 4) is 0 Å². The topological polar surface area (TPSA) is 67.2 Å². The van der Waals surface area contributed by atoms with E-state index in [1.165, 1.54) is 0 Å². The number of nitrogens with two attached hydrogens (primary N) is 1. The van der Waals surface area contributed by atoms with Crippen LogP contribution in [0.5, 0.6) is 0 Å². The quantitative estimate of drug-likeness (QED) is 0.588. The number of anilines is 2. The molecule has 0 spiro atoms. The van der Waals surface area contributed by atoms with Crippen LogP contribution in [0.25, 0.3) is 0 Å². The van der Waals surface area contributed by atoms with Crippen LogP contribution in [0.1, 0.15) is 10.4 Å². The first-order valence-electron chi connectivity index (χ1n) is 5.33. The second-order valence-corrected chi connectivity index (χ2v) is 4.11. The molecular weight excluding hydrogens is 250 g/mol. The van der Waals surface area contributed by atoms with Gasteiger partial charge in [0.2, 0.25) is 0 Å². The molecule has 4 N–H and O–H groups in total. The van der Waals surface area contributed by atoms with E-state index in [1.807, 2.05) is 30.3 Å². The number of hydrogen-bond donors (Lipinski definition) is 3. The molecule has 0 heterocycles. The highest BCUT2D eigenvalue weighted by atomic mass is 35.5. The average Bonchev–Trinajstić information content (AvgIpc) is 2.37. The summed E-state index contributed by atoms with van der Waals surface area (Å²) in [7, 11) is 0. The fourth-order valence-electron chi connectivity index (χ4n) is 1.46. The second-order valence-electron chi connectivity index (χ2n) is 3.68. The summed E-state index contributed by atoms with van der Waals surface area (Å²) in [6.45, 7) is 0. The lowest BCUT2D eigenvalue weighted by Gasteiger charge is -2.09. The van der Waals surface area contributed by atoms with Crippen LogP contribution in [0.4, 0.5) is 11.4 Å². The summed E-state index contributed by atoms with van der Waals surface area (Å²) < 4.78 is 0. The summed E-state index contributed by atoms with van der Waals surface area (Å²) in [6.07, 6.45) is 0. The first kappa shape index (κ1) is 12.3. The van der Waals surface area contributed by atoms with E-state index in [2.05, 4.69) is 10.9 Å². The highest BCUT2D eigenvalue weighted by Gasteiger charge is 2.09. The molecule has 2 aromatic rings. The van der Waals surface area contributed by atoms with Crippen LogP contribution in [0.15, 0.2) is 48.5 Å². The van der Waals surface area contributed by atoms with Crippen molar-refractivity contribution >= 4 is 28.9 Å². The van der Waals surface area contributed by atoms with Gasteiger partial charge in [-0.1, -0.05) is 29.8 Å². The first-order chi connectivity index (χ1) is 8.66. The third-order valence-electron chi connectivity index (χ3n) is 2.35. The van der Waals surface area contributed by atoms with Gasteiger partial charge in [-0.15, -0.1) is 0 Å². The molecule has 4 nitrogen and oxygen atoms in total. The minimum atomic E-state index is -0.312. The van der Waals surface area contributed by atoms with E-state index in [0.29, 0.717) is 16.3 Å². The van der Waals surface area contributed by atoms with Crippen LogP contribution in [0.3, 0.4) is 0 Å². The van der Waals surface area contributed by atoms with Crippen LogP contribution in [-0.2, 0) is 0 Å². The third kappa shape index (κ3) is 2.93. The standard InChI is InChI=1S/C13H12ClN3O/c14-9-6-7-11(12(15)8-9)13(18)17-16-10-4-2-1-3-5-10/h1-8,16H,15H2,(H,17,18). The summed E-state index contributed by atoms with van der Waals surface area (Å²) in [5.74, 6) is -0.312. The zero-order valence-corrected chi connectivity index (χ0v) is 10.2. The number of carbonyl (C=O) groups is 1. The normalized spacial score (nSPS) is 9.83. The highest BCUT2D eigenvalue weighted by Crippen LogP contribution is 2.17. The Balaban J connectivity index is 2.04. The van der Waals surface area contributed by atoms with Crippen molar-refractivity contribution in [2.24, 2.45) is 0 Å². The summed E-state index contributed by atoms with van der Waals surface area (Å²) >= 11 is 5.77. The van der Waals surface area contributed by atoms with Crippen LogP contribution in [0, 0.1) is 0 Å². The Hall–Kier alpha value is -2.20. The number of hydrazine groups is 1. The largest absolute Gasteiger partial charge is 0.398 e. The lowest BCUT2D eigenvalue weighted by molar-refractivity contribution is 0.0963. The van der Waals surface area contributed by atoms with Gasteiger partial charge in [-0.3, -0.25) is 15.6 Å². The molecule has 0 fully saturated rings. The van der Waals surface area contributed by atoms with Crippen molar-refractivity contribution in [3.63, 3.8) is 0 Å². The molecule has 92 valence electrons. The fraction of sp³-hybridized carbons (Fsp3) is 0. The number of nitrogens with one attached hydrogen (secondary N) is 2. The molecule has 0 aliphatic rings. The first-order valence-corrected chi connectivity index (χ1v) is 5.71. The van der Waals surface area contributed by atoms with Crippen molar-refractivity contribution < 1.29 is 4.79 Å². The predicted molar refractivity (Wildman–Crippen MR) is 73.4 cm³/mol. The predicted octanol–water partition coefficient (Wildman–Crippen LogP) is 2.68. The smallest absolute Gasteiger partial charge is 0.271 e. The molecule has 0 aliphatic heterocycles. The van der Waals surface area contributed by atoms with Crippen molar-refractivity contribution in [1.82, 2.24) is 5.43 Å².